The number of rotatable bonds is 3. The summed E-state index contributed by atoms with van der Waals surface area (Å²) in [5.74, 6) is 0.128. The molecule has 2 aromatic carbocycles. The van der Waals surface area contributed by atoms with Crippen LogP contribution in [-0.4, -0.2) is 30.4 Å². The van der Waals surface area contributed by atoms with Gasteiger partial charge in [-0.15, -0.1) is 10.2 Å². The Balaban J connectivity index is 2.12. The van der Waals surface area contributed by atoms with Gasteiger partial charge in [-0.2, -0.15) is 0 Å². The molecule has 0 N–H and O–H groups in total. The van der Waals surface area contributed by atoms with Gasteiger partial charge in [-0.25, -0.2) is 4.79 Å². The highest BCUT2D eigenvalue weighted by molar-refractivity contribution is 5.97. The minimum atomic E-state index is -0.364. The summed E-state index contributed by atoms with van der Waals surface area (Å²) in [6.07, 6.45) is 0. The molecule has 0 spiro atoms. The molecule has 22 heavy (non-hydrogen) atoms. The minimum absolute atomic E-state index is 0.364. The van der Waals surface area contributed by atoms with E-state index in [1.807, 2.05) is 36.4 Å². The normalized spacial score (nSPS) is 10.5. The van der Waals surface area contributed by atoms with Crippen molar-refractivity contribution in [3.63, 3.8) is 0 Å². The van der Waals surface area contributed by atoms with Crippen LogP contribution < -0.4 is 4.74 Å². The molecule has 5 nitrogen and oxygen atoms in total. The van der Waals surface area contributed by atoms with Gasteiger partial charge in [0.1, 0.15) is 5.69 Å². The third-order valence-corrected chi connectivity index (χ3v) is 3.43. The molecule has 0 amide bonds. The highest BCUT2D eigenvalue weighted by Crippen LogP contribution is 2.30. The Labute approximate surface area is 127 Å². The number of carbonyl (C=O) groups is 1. The van der Waals surface area contributed by atoms with Crippen LogP contribution in [0.25, 0.3) is 22.0 Å². The lowest BCUT2D eigenvalue weighted by Crippen LogP contribution is -2.01. The highest BCUT2D eigenvalue weighted by atomic mass is 16.5. The number of aromatic nitrogens is 2. The number of hydrogen-bond acceptors (Lipinski definition) is 5. The SMILES string of the molecule is COC(=O)c1ccc(-c2nnc(OC)c3ccccc23)cc1. The van der Waals surface area contributed by atoms with E-state index in [1.54, 1.807) is 19.2 Å². The number of carbonyl (C=O) groups excluding carboxylic acids is 1. The van der Waals surface area contributed by atoms with Gasteiger partial charge < -0.3 is 9.47 Å². The summed E-state index contributed by atoms with van der Waals surface area (Å²) in [5, 5.41) is 10.2. The van der Waals surface area contributed by atoms with Crippen LogP contribution in [0.3, 0.4) is 0 Å². The van der Waals surface area contributed by atoms with Gasteiger partial charge >= 0.3 is 5.97 Å². The molecular weight excluding hydrogens is 280 g/mol. The van der Waals surface area contributed by atoms with Crippen LogP contribution in [0, 0.1) is 0 Å². The van der Waals surface area contributed by atoms with E-state index in [4.69, 9.17) is 9.47 Å². The van der Waals surface area contributed by atoms with Crippen LogP contribution in [0.4, 0.5) is 0 Å². The van der Waals surface area contributed by atoms with Crippen LogP contribution >= 0.6 is 0 Å². The van der Waals surface area contributed by atoms with Gasteiger partial charge in [0.25, 0.3) is 0 Å². The molecular formula is C17H14N2O3. The van der Waals surface area contributed by atoms with Crippen LogP contribution in [0.2, 0.25) is 0 Å². The van der Waals surface area contributed by atoms with Crippen molar-refractivity contribution in [2.45, 2.75) is 0 Å². The Morgan fingerprint density at radius 1 is 0.909 bits per heavy atom. The minimum Gasteiger partial charge on any atom is -0.479 e. The molecule has 3 aromatic rings. The first-order valence-electron chi connectivity index (χ1n) is 6.72. The van der Waals surface area contributed by atoms with Crippen LogP contribution in [0.15, 0.2) is 48.5 Å². The molecule has 0 saturated heterocycles. The summed E-state index contributed by atoms with van der Waals surface area (Å²) in [6, 6.07) is 14.9. The van der Waals surface area contributed by atoms with Crippen molar-refractivity contribution in [1.29, 1.82) is 0 Å². The van der Waals surface area contributed by atoms with E-state index in [1.165, 1.54) is 7.11 Å². The second-order valence-corrected chi connectivity index (χ2v) is 4.67. The summed E-state index contributed by atoms with van der Waals surface area (Å²) >= 11 is 0. The topological polar surface area (TPSA) is 61.3 Å². The first kappa shape index (κ1) is 14.0. The zero-order valence-corrected chi connectivity index (χ0v) is 12.2. The van der Waals surface area contributed by atoms with Gasteiger partial charge in [0.05, 0.1) is 19.8 Å². The zero-order valence-electron chi connectivity index (χ0n) is 12.2. The molecule has 1 heterocycles. The van der Waals surface area contributed by atoms with Crippen molar-refractivity contribution in [1.82, 2.24) is 10.2 Å². The lowest BCUT2D eigenvalue weighted by molar-refractivity contribution is 0.0601. The van der Waals surface area contributed by atoms with Crippen molar-refractivity contribution in [2.75, 3.05) is 14.2 Å². The molecule has 110 valence electrons. The highest BCUT2D eigenvalue weighted by Gasteiger charge is 2.12. The van der Waals surface area contributed by atoms with E-state index in [-0.39, 0.29) is 5.97 Å². The molecule has 0 aliphatic rings. The van der Waals surface area contributed by atoms with Crippen LogP contribution in [0.5, 0.6) is 5.88 Å². The van der Waals surface area contributed by atoms with E-state index in [2.05, 4.69) is 10.2 Å². The predicted octanol–water partition coefficient (Wildman–Crippen LogP) is 3.09. The zero-order chi connectivity index (χ0) is 15.5. The van der Waals surface area contributed by atoms with E-state index < -0.39 is 0 Å². The van der Waals surface area contributed by atoms with Gasteiger partial charge in [-0.1, -0.05) is 30.3 Å². The number of fused-ring (bicyclic) bond motifs is 1. The van der Waals surface area contributed by atoms with Crippen molar-refractivity contribution in [3.8, 4) is 17.1 Å². The molecule has 0 aliphatic carbocycles. The van der Waals surface area contributed by atoms with E-state index >= 15 is 0 Å². The molecule has 0 saturated carbocycles. The van der Waals surface area contributed by atoms with E-state index in [0.717, 1.165) is 22.0 Å². The van der Waals surface area contributed by atoms with E-state index in [9.17, 15) is 4.79 Å². The number of benzene rings is 2. The smallest absolute Gasteiger partial charge is 0.337 e. The number of hydrogen-bond donors (Lipinski definition) is 0. The summed E-state index contributed by atoms with van der Waals surface area (Å²) < 4.78 is 9.95. The molecule has 0 radical (unpaired) electrons. The molecule has 0 unspecified atom stereocenters. The van der Waals surface area contributed by atoms with Gasteiger partial charge in [0, 0.05) is 16.3 Å². The predicted molar refractivity (Wildman–Crippen MR) is 82.9 cm³/mol. The molecule has 0 bridgehead atoms. The third-order valence-electron chi connectivity index (χ3n) is 3.43. The largest absolute Gasteiger partial charge is 0.479 e. The van der Waals surface area contributed by atoms with Gasteiger partial charge in [0.2, 0.25) is 5.88 Å². The average molecular weight is 294 g/mol. The molecule has 0 aliphatic heterocycles. The monoisotopic (exact) mass is 294 g/mol. The molecule has 0 fully saturated rings. The maximum Gasteiger partial charge on any atom is 0.337 e. The van der Waals surface area contributed by atoms with Crippen molar-refractivity contribution >= 4 is 16.7 Å². The maximum atomic E-state index is 11.5. The number of ether oxygens (including phenoxy) is 2. The lowest BCUT2D eigenvalue weighted by atomic mass is 10.0. The van der Waals surface area contributed by atoms with E-state index in [0.29, 0.717) is 11.4 Å². The summed E-state index contributed by atoms with van der Waals surface area (Å²) in [5.41, 5.74) is 2.11. The van der Waals surface area contributed by atoms with Crippen molar-refractivity contribution in [2.24, 2.45) is 0 Å². The van der Waals surface area contributed by atoms with Gasteiger partial charge in [0.15, 0.2) is 0 Å². The summed E-state index contributed by atoms with van der Waals surface area (Å²) in [4.78, 5) is 11.5. The fourth-order valence-electron chi connectivity index (χ4n) is 2.33. The average Bonchev–Trinajstić information content (AvgIpc) is 2.60. The standard InChI is InChI=1S/C17H14N2O3/c1-21-16-14-6-4-3-5-13(14)15(18-19-16)11-7-9-12(10-8-11)17(20)22-2/h3-10H,1-2H3. The maximum absolute atomic E-state index is 11.5. The Hall–Kier alpha value is -2.95. The summed E-state index contributed by atoms with van der Waals surface area (Å²) in [6.45, 7) is 0. The van der Waals surface area contributed by atoms with Gasteiger partial charge in [-0.05, 0) is 18.2 Å². The Bertz CT molecular complexity index is 829. The first-order valence-corrected chi connectivity index (χ1v) is 6.72. The molecule has 0 atom stereocenters. The Morgan fingerprint density at radius 3 is 2.23 bits per heavy atom. The Kier molecular flexibility index (Phi) is 3.70. The van der Waals surface area contributed by atoms with Crippen LogP contribution in [-0.2, 0) is 4.74 Å². The van der Waals surface area contributed by atoms with Crippen molar-refractivity contribution in [3.05, 3.63) is 54.1 Å². The fraction of sp³-hybridized carbons (Fsp3) is 0.118. The van der Waals surface area contributed by atoms with Crippen LogP contribution in [0.1, 0.15) is 10.4 Å². The van der Waals surface area contributed by atoms with Crippen molar-refractivity contribution < 1.29 is 14.3 Å². The fourth-order valence-corrected chi connectivity index (χ4v) is 2.33. The third kappa shape index (κ3) is 2.37. The first-order chi connectivity index (χ1) is 10.7. The number of methoxy groups -OCH3 is 2. The van der Waals surface area contributed by atoms with Gasteiger partial charge in [-0.3, -0.25) is 0 Å². The molecule has 3 rings (SSSR count). The molecule has 5 heteroatoms. The molecule has 1 aromatic heterocycles. The number of esters is 1. The second-order valence-electron chi connectivity index (χ2n) is 4.67. The Morgan fingerprint density at radius 2 is 1.59 bits per heavy atom. The quantitative estimate of drug-likeness (QED) is 0.695. The second kappa shape index (κ2) is 5.81. The number of nitrogens with zero attached hydrogens (tertiary/aromatic N) is 2. The summed E-state index contributed by atoms with van der Waals surface area (Å²) in [7, 11) is 2.93. The lowest BCUT2D eigenvalue weighted by Gasteiger charge is -2.08.